The van der Waals surface area contributed by atoms with Crippen LogP contribution in [0.15, 0.2) is 78.9 Å². The number of nitrogens with zero attached hydrogens (tertiary/aromatic N) is 1. The van der Waals surface area contributed by atoms with E-state index in [1.165, 1.54) is 0 Å². The van der Waals surface area contributed by atoms with Gasteiger partial charge in [0.2, 0.25) is 15.9 Å². The van der Waals surface area contributed by atoms with Crippen LogP contribution in [0, 0.1) is 11.3 Å². The fraction of sp³-hybridized carbons (Fsp3) is 0.412. The van der Waals surface area contributed by atoms with E-state index in [1.807, 2.05) is 60.7 Å². The summed E-state index contributed by atoms with van der Waals surface area (Å²) in [6.45, 7) is 1.69. The van der Waals surface area contributed by atoms with Gasteiger partial charge in [0.25, 0.3) is 0 Å². The third-order valence-electron chi connectivity index (χ3n) is 9.52. The molecule has 7 nitrogen and oxygen atoms in total. The number of halogens is 2. The Morgan fingerprint density at radius 2 is 1.66 bits per heavy atom. The van der Waals surface area contributed by atoms with E-state index in [-0.39, 0.29) is 37.0 Å². The Balaban J connectivity index is 1.55. The molecule has 6 rings (SSSR count). The Hall–Kier alpha value is -3.07. The van der Waals surface area contributed by atoms with Crippen LogP contribution >= 0.6 is 23.2 Å². The highest BCUT2D eigenvalue weighted by Crippen LogP contribution is 2.57. The lowest BCUT2D eigenvalue weighted by atomic mass is 9.66. The van der Waals surface area contributed by atoms with Crippen LogP contribution in [0.1, 0.15) is 68.9 Å². The zero-order valence-electron chi connectivity index (χ0n) is 24.5. The number of hydrogen-bond donors (Lipinski definition) is 2. The number of para-hydroxylation sites is 1. The Labute approximate surface area is 268 Å². The summed E-state index contributed by atoms with van der Waals surface area (Å²) >= 11 is 12.8. The van der Waals surface area contributed by atoms with E-state index in [0.29, 0.717) is 28.6 Å². The topological polar surface area (TPSA) is 104 Å². The highest BCUT2D eigenvalue weighted by molar-refractivity contribution is 7.93. The maximum atomic E-state index is 14.6. The molecule has 3 aromatic rings. The highest BCUT2D eigenvalue weighted by atomic mass is 35.5. The smallest absolute Gasteiger partial charge is 0.304 e. The Kier molecular flexibility index (Phi) is 8.22. The summed E-state index contributed by atoms with van der Waals surface area (Å²) in [5.74, 6) is -1.73. The van der Waals surface area contributed by atoms with E-state index in [1.54, 1.807) is 29.4 Å². The number of sulfonamides is 1. The molecule has 0 radical (unpaired) electrons. The van der Waals surface area contributed by atoms with Gasteiger partial charge in [-0.25, -0.2) is 8.42 Å². The van der Waals surface area contributed by atoms with Crippen LogP contribution in [0.25, 0.3) is 0 Å². The minimum absolute atomic E-state index is 0.0124. The summed E-state index contributed by atoms with van der Waals surface area (Å²) in [6, 6.07) is 23.5. The van der Waals surface area contributed by atoms with Crippen LogP contribution in [-0.2, 0) is 25.2 Å². The van der Waals surface area contributed by atoms with Crippen molar-refractivity contribution in [1.29, 1.82) is 0 Å². The molecule has 1 aliphatic heterocycles. The molecule has 2 N–H and O–H groups in total. The maximum Gasteiger partial charge on any atom is 0.304 e. The molecule has 3 aliphatic rings. The van der Waals surface area contributed by atoms with Gasteiger partial charge in [-0.05, 0) is 92.0 Å². The number of carbonyl (C=O) groups is 2. The van der Waals surface area contributed by atoms with Crippen LogP contribution in [0.2, 0.25) is 10.0 Å². The van der Waals surface area contributed by atoms with Gasteiger partial charge in [0.15, 0.2) is 0 Å². The number of aliphatic carboxylic acids is 1. The SMILES string of the molecule is CC1(CC(=O)O)CC(c2cccc(Cl)c2)C(CC(c2ccc(Cl)cc2)(C2CC2)N(c2ccccc2)S(=O)(=O)C2CC2)NC1=O. The Morgan fingerprint density at radius 3 is 2.25 bits per heavy atom. The molecule has 4 atom stereocenters. The first-order valence-electron chi connectivity index (χ1n) is 15.1. The summed E-state index contributed by atoms with van der Waals surface area (Å²) in [4.78, 5) is 25.6. The molecular weight excluding hydrogens is 619 g/mol. The van der Waals surface area contributed by atoms with Crippen LogP contribution in [0.3, 0.4) is 0 Å². The summed E-state index contributed by atoms with van der Waals surface area (Å²) in [5.41, 5.74) is 0.0739. The van der Waals surface area contributed by atoms with E-state index in [9.17, 15) is 23.1 Å². The Bertz CT molecular complexity index is 1660. The van der Waals surface area contributed by atoms with Crippen molar-refractivity contribution in [3.05, 3.63) is 100 Å². The number of carbonyl (C=O) groups excluding carboxylic acids is 1. The molecule has 3 fully saturated rings. The van der Waals surface area contributed by atoms with Gasteiger partial charge in [-0.15, -0.1) is 0 Å². The van der Waals surface area contributed by atoms with E-state index in [2.05, 4.69) is 5.32 Å². The summed E-state index contributed by atoms with van der Waals surface area (Å²) in [7, 11) is -3.80. The number of hydrogen-bond acceptors (Lipinski definition) is 4. The normalized spacial score (nSPS) is 25.1. The van der Waals surface area contributed by atoms with Gasteiger partial charge < -0.3 is 10.4 Å². The molecule has 232 valence electrons. The van der Waals surface area contributed by atoms with Crippen molar-refractivity contribution < 1.29 is 23.1 Å². The molecule has 44 heavy (non-hydrogen) atoms. The molecule has 1 amide bonds. The molecule has 2 saturated carbocycles. The lowest BCUT2D eigenvalue weighted by molar-refractivity contribution is -0.147. The van der Waals surface area contributed by atoms with Crippen molar-refractivity contribution in [1.82, 2.24) is 5.32 Å². The highest BCUT2D eigenvalue weighted by Gasteiger charge is 2.59. The molecule has 3 aromatic carbocycles. The first-order chi connectivity index (χ1) is 20.9. The number of rotatable bonds is 11. The zero-order chi connectivity index (χ0) is 31.3. The van der Waals surface area contributed by atoms with Crippen molar-refractivity contribution >= 4 is 50.8 Å². The van der Waals surface area contributed by atoms with Gasteiger partial charge >= 0.3 is 5.97 Å². The molecule has 2 aliphatic carbocycles. The zero-order valence-corrected chi connectivity index (χ0v) is 26.8. The molecule has 1 saturated heterocycles. The second-order valence-corrected chi connectivity index (χ2v) is 15.8. The standard InChI is InChI=1S/C34H36Cl2N2O5S/c1-33(21-31(39)40)19-29(22-6-5-7-26(36)18-22)30(37-32(33)41)20-34(23-10-11-23,24-12-14-25(35)15-13-24)38(27-8-3-2-4-9-27)44(42,43)28-16-17-28/h2-9,12-15,18,23,28-30H,10-11,16-17,19-21H2,1H3,(H,37,41)(H,39,40). The third kappa shape index (κ3) is 5.84. The van der Waals surface area contributed by atoms with Gasteiger partial charge in [-0.1, -0.05) is 72.6 Å². The summed E-state index contributed by atoms with van der Waals surface area (Å²) in [6.07, 6.45) is 3.10. The number of anilines is 1. The van der Waals surface area contributed by atoms with E-state index < -0.39 is 38.2 Å². The predicted octanol–water partition coefficient (Wildman–Crippen LogP) is 7.14. The van der Waals surface area contributed by atoms with Crippen molar-refractivity contribution in [2.24, 2.45) is 11.3 Å². The van der Waals surface area contributed by atoms with Crippen LogP contribution in [0.4, 0.5) is 5.69 Å². The summed E-state index contributed by atoms with van der Waals surface area (Å²) < 4.78 is 30.8. The lowest BCUT2D eigenvalue weighted by Crippen LogP contribution is -2.60. The van der Waals surface area contributed by atoms with Gasteiger partial charge in [-0.2, -0.15) is 0 Å². The van der Waals surface area contributed by atoms with Crippen molar-refractivity contribution in [2.75, 3.05) is 4.31 Å². The van der Waals surface area contributed by atoms with Crippen LogP contribution in [-0.4, -0.2) is 36.7 Å². The Morgan fingerprint density at radius 1 is 0.977 bits per heavy atom. The molecule has 0 bridgehead atoms. The largest absolute Gasteiger partial charge is 0.481 e. The van der Waals surface area contributed by atoms with Crippen LogP contribution < -0.4 is 9.62 Å². The number of amides is 1. The molecule has 0 aromatic heterocycles. The van der Waals surface area contributed by atoms with Crippen molar-refractivity contribution in [3.63, 3.8) is 0 Å². The quantitative estimate of drug-likeness (QED) is 0.229. The summed E-state index contributed by atoms with van der Waals surface area (Å²) in [5, 5.41) is 13.5. The number of nitrogens with one attached hydrogen (secondary N) is 1. The maximum absolute atomic E-state index is 14.6. The second-order valence-electron chi connectivity index (χ2n) is 12.8. The minimum atomic E-state index is -3.80. The van der Waals surface area contributed by atoms with E-state index in [0.717, 1.165) is 24.0 Å². The fourth-order valence-electron chi connectivity index (χ4n) is 7.13. The van der Waals surface area contributed by atoms with E-state index in [4.69, 9.17) is 23.2 Å². The average Bonchev–Trinajstić information content (AvgIpc) is 3.88. The van der Waals surface area contributed by atoms with Gasteiger partial charge in [0, 0.05) is 22.0 Å². The van der Waals surface area contributed by atoms with Gasteiger partial charge in [0.1, 0.15) is 0 Å². The van der Waals surface area contributed by atoms with Gasteiger partial charge in [0.05, 0.1) is 28.3 Å². The van der Waals surface area contributed by atoms with Crippen LogP contribution in [0.5, 0.6) is 0 Å². The lowest BCUT2D eigenvalue weighted by Gasteiger charge is -2.50. The minimum Gasteiger partial charge on any atom is -0.481 e. The van der Waals surface area contributed by atoms with Crippen molar-refractivity contribution in [3.8, 4) is 0 Å². The van der Waals surface area contributed by atoms with Crippen molar-refractivity contribution in [2.45, 2.75) is 74.6 Å². The fourth-order valence-corrected chi connectivity index (χ4v) is 9.69. The third-order valence-corrected chi connectivity index (χ3v) is 12.4. The number of carboxylic acids is 1. The molecule has 10 heteroatoms. The first-order valence-corrected chi connectivity index (χ1v) is 17.3. The number of piperidine rings is 1. The van der Waals surface area contributed by atoms with Gasteiger partial charge in [-0.3, -0.25) is 13.9 Å². The first kappa shape index (κ1) is 30.9. The van der Waals surface area contributed by atoms with E-state index >= 15 is 0 Å². The molecule has 4 unspecified atom stereocenters. The molecular formula is C34H36Cl2N2O5S. The predicted molar refractivity (Wildman–Crippen MR) is 172 cm³/mol. The average molecular weight is 656 g/mol. The number of benzene rings is 3. The molecule has 1 heterocycles. The monoisotopic (exact) mass is 654 g/mol. The number of carboxylic acid groups (broad SMARTS) is 1. The second kappa shape index (κ2) is 11.7. The molecule has 0 spiro atoms.